The van der Waals surface area contributed by atoms with Crippen LogP contribution in [-0.2, 0) is 6.42 Å². The summed E-state index contributed by atoms with van der Waals surface area (Å²) >= 11 is 0. The fourth-order valence-electron chi connectivity index (χ4n) is 1.09. The lowest BCUT2D eigenvalue weighted by Gasteiger charge is -2.19. The third-order valence-electron chi connectivity index (χ3n) is 2.12. The standard InChI is InChI=1S/C10H10F5N/c1-7-2-3-8(6-16-7)4-5-9(11,12)10(13,14)15/h2-3,6H,4-5H2,1H3. The summed E-state index contributed by atoms with van der Waals surface area (Å²) in [5.41, 5.74) is 1.06. The Morgan fingerprint density at radius 2 is 1.75 bits per heavy atom. The lowest BCUT2D eigenvalue weighted by atomic mass is 10.1. The van der Waals surface area contributed by atoms with Gasteiger partial charge in [0.05, 0.1) is 0 Å². The van der Waals surface area contributed by atoms with Crippen LogP contribution in [0.4, 0.5) is 22.0 Å². The van der Waals surface area contributed by atoms with Crippen LogP contribution in [0.25, 0.3) is 0 Å². The maximum absolute atomic E-state index is 12.6. The molecule has 1 heterocycles. The minimum Gasteiger partial charge on any atom is -0.261 e. The van der Waals surface area contributed by atoms with Crippen molar-refractivity contribution in [1.82, 2.24) is 4.98 Å². The normalized spacial score (nSPS) is 12.9. The first-order valence-electron chi connectivity index (χ1n) is 4.58. The van der Waals surface area contributed by atoms with E-state index in [-0.39, 0.29) is 6.42 Å². The highest BCUT2D eigenvalue weighted by Crippen LogP contribution is 2.38. The Morgan fingerprint density at radius 3 is 2.19 bits per heavy atom. The van der Waals surface area contributed by atoms with Gasteiger partial charge in [0.15, 0.2) is 0 Å². The summed E-state index contributed by atoms with van der Waals surface area (Å²) in [6.07, 6.45) is -5.77. The predicted octanol–water partition coefficient (Wildman–Crippen LogP) is 3.52. The average Bonchev–Trinajstić information content (AvgIpc) is 2.15. The molecule has 90 valence electrons. The number of nitrogens with zero attached hydrogens (tertiary/aromatic N) is 1. The molecule has 0 bridgehead atoms. The lowest BCUT2D eigenvalue weighted by Crippen LogP contribution is -2.36. The second-order valence-corrected chi connectivity index (χ2v) is 3.51. The monoisotopic (exact) mass is 239 g/mol. The van der Waals surface area contributed by atoms with Gasteiger partial charge in [0.2, 0.25) is 0 Å². The second-order valence-electron chi connectivity index (χ2n) is 3.51. The molecular formula is C10H10F5N. The fraction of sp³-hybridized carbons (Fsp3) is 0.500. The molecule has 0 saturated carbocycles. The van der Waals surface area contributed by atoms with E-state index in [1.54, 1.807) is 13.0 Å². The molecule has 0 saturated heterocycles. The molecule has 6 heteroatoms. The first-order valence-corrected chi connectivity index (χ1v) is 4.58. The SMILES string of the molecule is Cc1ccc(CCC(F)(F)C(F)(F)F)cn1. The molecule has 0 N–H and O–H groups in total. The van der Waals surface area contributed by atoms with Gasteiger partial charge in [-0.3, -0.25) is 4.98 Å². The van der Waals surface area contributed by atoms with Crippen LogP contribution in [0.15, 0.2) is 18.3 Å². The van der Waals surface area contributed by atoms with E-state index in [9.17, 15) is 22.0 Å². The summed E-state index contributed by atoms with van der Waals surface area (Å²) in [6.45, 7) is 1.70. The molecule has 0 spiro atoms. The van der Waals surface area contributed by atoms with Gasteiger partial charge in [0.1, 0.15) is 0 Å². The molecule has 1 rings (SSSR count). The van der Waals surface area contributed by atoms with Crippen molar-refractivity contribution < 1.29 is 22.0 Å². The summed E-state index contributed by atoms with van der Waals surface area (Å²) in [5.74, 6) is -4.64. The maximum atomic E-state index is 12.6. The van der Waals surface area contributed by atoms with Crippen LogP contribution in [-0.4, -0.2) is 17.1 Å². The molecule has 0 aliphatic rings. The molecule has 16 heavy (non-hydrogen) atoms. The van der Waals surface area contributed by atoms with E-state index in [1.807, 2.05) is 0 Å². The molecule has 0 radical (unpaired) electrons. The lowest BCUT2D eigenvalue weighted by molar-refractivity contribution is -0.284. The highest BCUT2D eigenvalue weighted by Gasteiger charge is 2.56. The molecule has 1 aromatic heterocycles. The Labute approximate surface area is 89.3 Å². The van der Waals surface area contributed by atoms with Crippen molar-refractivity contribution in [2.45, 2.75) is 31.9 Å². The molecule has 0 fully saturated rings. The minimum absolute atomic E-state index is 0.347. The topological polar surface area (TPSA) is 12.9 Å². The van der Waals surface area contributed by atoms with Crippen LogP contribution in [0.3, 0.4) is 0 Å². The van der Waals surface area contributed by atoms with Crippen molar-refractivity contribution in [1.29, 1.82) is 0 Å². The van der Waals surface area contributed by atoms with Crippen molar-refractivity contribution in [2.24, 2.45) is 0 Å². The number of rotatable bonds is 3. The summed E-state index contributed by atoms with van der Waals surface area (Å²) in [5, 5.41) is 0. The first-order chi connectivity index (χ1) is 7.22. The number of aryl methyl sites for hydroxylation is 2. The van der Waals surface area contributed by atoms with E-state index < -0.39 is 18.5 Å². The van der Waals surface area contributed by atoms with Crippen LogP contribution in [0.5, 0.6) is 0 Å². The molecule has 0 aliphatic heterocycles. The van der Waals surface area contributed by atoms with Crippen molar-refractivity contribution in [3.05, 3.63) is 29.6 Å². The van der Waals surface area contributed by atoms with Gasteiger partial charge in [-0.2, -0.15) is 22.0 Å². The van der Waals surface area contributed by atoms with Gasteiger partial charge in [-0.05, 0) is 25.0 Å². The Hall–Kier alpha value is -1.20. The third kappa shape index (κ3) is 3.15. The predicted molar refractivity (Wildman–Crippen MR) is 48.3 cm³/mol. The van der Waals surface area contributed by atoms with Crippen LogP contribution in [0.1, 0.15) is 17.7 Å². The van der Waals surface area contributed by atoms with E-state index >= 15 is 0 Å². The smallest absolute Gasteiger partial charge is 0.261 e. The van der Waals surface area contributed by atoms with E-state index in [4.69, 9.17) is 0 Å². The fourth-order valence-corrected chi connectivity index (χ4v) is 1.09. The molecule has 0 aromatic carbocycles. The molecule has 0 aliphatic carbocycles. The maximum Gasteiger partial charge on any atom is 0.453 e. The van der Waals surface area contributed by atoms with Gasteiger partial charge in [0.25, 0.3) is 0 Å². The van der Waals surface area contributed by atoms with Gasteiger partial charge < -0.3 is 0 Å². The molecule has 0 atom stereocenters. The largest absolute Gasteiger partial charge is 0.453 e. The summed E-state index contributed by atoms with van der Waals surface area (Å²) in [4.78, 5) is 3.82. The van der Waals surface area contributed by atoms with Crippen molar-refractivity contribution >= 4 is 0 Å². The number of halogens is 5. The first kappa shape index (κ1) is 12.9. The molecule has 1 nitrogen and oxygen atoms in total. The number of alkyl halides is 5. The quantitative estimate of drug-likeness (QED) is 0.735. The van der Waals surface area contributed by atoms with Crippen LogP contribution in [0, 0.1) is 6.92 Å². The van der Waals surface area contributed by atoms with Crippen molar-refractivity contribution in [3.63, 3.8) is 0 Å². The van der Waals surface area contributed by atoms with Crippen LogP contribution >= 0.6 is 0 Å². The highest BCUT2D eigenvalue weighted by atomic mass is 19.4. The Morgan fingerprint density at radius 1 is 1.12 bits per heavy atom. The number of hydrogen-bond donors (Lipinski definition) is 0. The summed E-state index contributed by atoms with van der Waals surface area (Å²) < 4.78 is 60.6. The van der Waals surface area contributed by atoms with Gasteiger partial charge in [-0.25, -0.2) is 0 Å². The van der Waals surface area contributed by atoms with Crippen molar-refractivity contribution in [3.8, 4) is 0 Å². The van der Waals surface area contributed by atoms with Gasteiger partial charge in [0, 0.05) is 18.3 Å². The third-order valence-corrected chi connectivity index (χ3v) is 2.12. The number of hydrogen-bond acceptors (Lipinski definition) is 1. The number of aromatic nitrogens is 1. The number of pyridine rings is 1. The zero-order chi connectivity index (χ0) is 12.4. The van der Waals surface area contributed by atoms with E-state index in [0.29, 0.717) is 11.3 Å². The average molecular weight is 239 g/mol. The highest BCUT2D eigenvalue weighted by molar-refractivity contribution is 5.13. The van der Waals surface area contributed by atoms with Gasteiger partial charge in [-0.15, -0.1) is 0 Å². The van der Waals surface area contributed by atoms with Crippen molar-refractivity contribution in [2.75, 3.05) is 0 Å². The van der Waals surface area contributed by atoms with Crippen LogP contribution in [0.2, 0.25) is 0 Å². The van der Waals surface area contributed by atoms with E-state index in [2.05, 4.69) is 4.98 Å². The Balaban J connectivity index is 2.61. The molecule has 1 aromatic rings. The zero-order valence-corrected chi connectivity index (χ0v) is 8.48. The molecule has 0 unspecified atom stereocenters. The van der Waals surface area contributed by atoms with Gasteiger partial charge in [-0.1, -0.05) is 6.07 Å². The zero-order valence-electron chi connectivity index (χ0n) is 8.48. The van der Waals surface area contributed by atoms with E-state index in [0.717, 1.165) is 0 Å². The second kappa shape index (κ2) is 4.35. The molecule has 0 amide bonds. The molecular weight excluding hydrogens is 229 g/mol. The Bertz CT molecular complexity index is 341. The summed E-state index contributed by atoms with van der Waals surface area (Å²) in [6, 6.07) is 3.07. The van der Waals surface area contributed by atoms with Crippen LogP contribution < -0.4 is 0 Å². The van der Waals surface area contributed by atoms with Gasteiger partial charge >= 0.3 is 12.1 Å². The van der Waals surface area contributed by atoms with E-state index in [1.165, 1.54) is 12.3 Å². The minimum atomic E-state index is -5.48. The summed E-state index contributed by atoms with van der Waals surface area (Å²) in [7, 11) is 0. The Kier molecular flexibility index (Phi) is 3.50.